The van der Waals surface area contributed by atoms with Gasteiger partial charge in [0.15, 0.2) is 0 Å². The molecule has 0 fully saturated rings. The average Bonchev–Trinajstić information content (AvgIpc) is 2.14. The molecule has 0 radical (unpaired) electrons. The van der Waals surface area contributed by atoms with Crippen molar-refractivity contribution in [2.24, 2.45) is 0 Å². The second-order valence-corrected chi connectivity index (χ2v) is 5.78. The van der Waals surface area contributed by atoms with E-state index in [1.807, 2.05) is 6.92 Å². The molecule has 0 unspecified atom stereocenters. The minimum absolute atomic E-state index is 0.0882. The van der Waals surface area contributed by atoms with Crippen LogP contribution < -0.4 is 10.6 Å². The quantitative estimate of drug-likeness (QED) is 0.774. The van der Waals surface area contributed by atoms with Crippen molar-refractivity contribution in [2.75, 3.05) is 36.2 Å². The predicted octanol–water partition coefficient (Wildman–Crippen LogP) is 0.283. The van der Waals surface area contributed by atoms with Crippen LogP contribution in [0, 0.1) is 6.92 Å². The van der Waals surface area contributed by atoms with Crippen molar-refractivity contribution >= 4 is 21.6 Å². The highest BCUT2D eigenvalue weighted by molar-refractivity contribution is 7.90. The van der Waals surface area contributed by atoms with E-state index in [-0.39, 0.29) is 5.75 Å². The van der Waals surface area contributed by atoms with Crippen molar-refractivity contribution in [1.82, 2.24) is 9.97 Å². The molecule has 0 bridgehead atoms. The highest BCUT2D eigenvalue weighted by Crippen LogP contribution is 2.08. The van der Waals surface area contributed by atoms with E-state index in [4.69, 9.17) is 0 Å². The highest BCUT2D eigenvalue weighted by Gasteiger charge is 2.03. The Morgan fingerprint density at radius 3 is 2.62 bits per heavy atom. The lowest BCUT2D eigenvalue weighted by Gasteiger charge is -2.07. The molecule has 1 aromatic heterocycles. The van der Waals surface area contributed by atoms with Gasteiger partial charge in [-0.25, -0.2) is 13.4 Å². The Labute approximate surface area is 95.4 Å². The molecule has 2 N–H and O–H groups in total. The second-order valence-electron chi connectivity index (χ2n) is 3.52. The van der Waals surface area contributed by atoms with E-state index in [9.17, 15) is 8.42 Å². The van der Waals surface area contributed by atoms with E-state index in [0.29, 0.717) is 18.3 Å². The molecular weight excluding hydrogens is 228 g/mol. The zero-order valence-corrected chi connectivity index (χ0v) is 10.4. The van der Waals surface area contributed by atoms with Crippen LogP contribution >= 0.6 is 0 Å². The summed E-state index contributed by atoms with van der Waals surface area (Å²) in [6.07, 6.45) is 1.21. The molecular formula is C9H16N4O2S. The van der Waals surface area contributed by atoms with Gasteiger partial charge in [-0.1, -0.05) is 0 Å². The lowest BCUT2D eigenvalue weighted by Crippen LogP contribution is -2.15. The maximum atomic E-state index is 10.9. The number of aromatic nitrogens is 2. The van der Waals surface area contributed by atoms with Gasteiger partial charge in [-0.15, -0.1) is 0 Å². The summed E-state index contributed by atoms with van der Waals surface area (Å²) in [4.78, 5) is 8.27. The molecule has 0 aliphatic carbocycles. The fourth-order valence-electron chi connectivity index (χ4n) is 1.14. The van der Waals surface area contributed by atoms with E-state index < -0.39 is 9.84 Å². The molecule has 1 aromatic rings. The molecule has 7 heteroatoms. The summed E-state index contributed by atoms with van der Waals surface area (Å²) in [7, 11) is -1.21. The normalized spacial score (nSPS) is 11.2. The van der Waals surface area contributed by atoms with Crippen LogP contribution in [0.3, 0.4) is 0 Å². The zero-order valence-electron chi connectivity index (χ0n) is 9.61. The Morgan fingerprint density at radius 2 is 2.06 bits per heavy atom. The first-order valence-electron chi connectivity index (χ1n) is 4.86. The molecule has 90 valence electrons. The molecule has 0 aliphatic heterocycles. The van der Waals surface area contributed by atoms with Gasteiger partial charge in [0.1, 0.15) is 15.7 Å². The molecule has 16 heavy (non-hydrogen) atoms. The van der Waals surface area contributed by atoms with Gasteiger partial charge in [0, 0.05) is 31.6 Å². The third kappa shape index (κ3) is 4.43. The molecule has 0 aliphatic rings. The maximum Gasteiger partial charge on any atom is 0.224 e. The zero-order chi connectivity index (χ0) is 12.2. The Morgan fingerprint density at radius 1 is 1.38 bits per heavy atom. The molecule has 1 rings (SSSR count). The van der Waals surface area contributed by atoms with Gasteiger partial charge in [-0.3, -0.25) is 0 Å². The number of hydrogen-bond donors (Lipinski definition) is 2. The van der Waals surface area contributed by atoms with Crippen LogP contribution in [0.5, 0.6) is 0 Å². The molecule has 0 spiro atoms. The first kappa shape index (κ1) is 12.7. The van der Waals surface area contributed by atoms with Gasteiger partial charge in [-0.2, -0.15) is 4.98 Å². The van der Waals surface area contributed by atoms with Crippen LogP contribution in [-0.2, 0) is 9.84 Å². The van der Waals surface area contributed by atoms with Crippen LogP contribution in [0.4, 0.5) is 11.8 Å². The smallest absolute Gasteiger partial charge is 0.224 e. The van der Waals surface area contributed by atoms with Crippen LogP contribution in [0.2, 0.25) is 0 Å². The van der Waals surface area contributed by atoms with Crippen LogP contribution in [0.1, 0.15) is 5.69 Å². The number of nitrogens with zero attached hydrogens (tertiary/aromatic N) is 2. The summed E-state index contributed by atoms with van der Waals surface area (Å²) in [6, 6.07) is 1.77. The Kier molecular flexibility index (Phi) is 4.05. The van der Waals surface area contributed by atoms with Crippen LogP contribution in [-0.4, -0.2) is 44.0 Å². The molecule has 0 saturated carbocycles. The van der Waals surface area contributed by atoms with Gasteiger partial charge in [0.25, 0.3) is 0 Å². The summed E-state index contributed by atoms with van der Waals surface area (Å²) in [5.41, 5.74) is 0.821. The third-order valence-electron chi connectivity index (χ3n) is 1.86. The first-order valence-corrected chi connectivity index (χ1v) is 6.92. The monoisotopic (exact) mass is 244 g/mol. The summed E-state index contributed by atoms with van der Waals surface area (Å²) in [6.45, 7) is 2.20. The van der Waals surface area contributed by atoms with Gasteiger partial charge in [0.05, 0.1) is 5.75 Å². The van der Waals surface area contributed by atoms with E-state index in [1.165, 1.54) is 6.26 Å². The Balaban J connectivity index is 2.63. The summed E-state index contributed by atoms with van der Waals surface area (Å²) in [5.74, 6) is 1.23. The predicted molar refractivity (Wildman–Crippen MR) is 64.5 cm³/mol. The minimum atomic E-state index is -2.94. The van der Waals surface area contributed by atoms with Crippen molar-refractivity contribution in [3.8, 4) is 0 Å². The molecule has 1 heterocycles. The van der Waals surface area contributed by atoms with Crippen molar-refractivity contribution in [1.29, 1.82) is 0 Å². The lowest BCUT2D eigenvalue weighted by atomic mass is 10.4. The highest BCUT2D eigenvalue weighted by atomic mass is 32.2. The summed E-state index contributed by atoms with van der Waals surface area (Å²) in [5, 5.41) is 5.78. The standard InChI is InChI=1S/C9H16N4O2S/c1-7-6-8(13-9(10-2)12-7)11-4-5-16(3,14)15/h6H,4-5H2,1-3H3,(H2,10,11,12,13). The van der Waals surface area contributed by atoms with Gasteiger partial charge in [-0.05, 0) is 6.92 Å². The van der Waals surface area contributed by atoms with Crippen molar-refractivity contribution in [2.45, 2.75) is 6.92 Å². The number of nitrogens with one attached hydrogen (secondary N) is 2. The number of anilines is 2. The van der Waals surface area contributed by atoms with Crippen LogP contribution in [0.15, 0.2) is 6.07 Å². The number of hydrogen-bond acceptors (Lipinski definition) is 6. The topological polar surface area (TPSA) is 84.0 Å². The second kappa shape index (κ2) is 5.11. The molecule has 0 saturated heterocycles. The van der Waals surface area contributed by atoms with Gasteiger partial charge >= 0.3 is 0 Å². The molecule has 6 nitrogen and oxygen atoms in total. The minimum Gasteiger partial charge on any atom is -0.369 e. The molecule has 0 amide bonds. The maximum absolute atomic E-state index is 10.9. The first-order chi connectivity index (χ1) is 7.40. The third-order valence-corrected chi connectivity index (χ3v) is 2.80. The van der Waals surface area contributed by atoms with Crippen molar-refractivity contribution in [3.05, 3.63) is 11.8 Å². The molecule has 0 atom stereocenters. The SMILES string of the molecule is CNc1nc(C)cc(NCCS(C)(=O)=O)n1. The van der Waals surface area contributed by atoms with Crippen LogP contribution in [0.25, 0.3) is 0 Å². The lowest BCUT2D eigenvalue weighted by molar-refractivity contribution is 0.602. The summed E-state index contributed by atoms with van der Waals surface area (Å²) >= 11 is 0. The number of sulfone groups is 1. The Bertz CT molecular complexity index is 459. The van der Waals surface area contributed by atoms with E-state index in [2.05, 4.69) is 20.6 Å². The molecule has 0 aromatic carbocycles. The van der Waals surface area contributed by atoms with Gasteiger partial charge < -0.3 is 10.6 Å². The number of rotatable bonds is 5. The Hall–Kier alpha value is -1.37. The van der Waals surface area contributed by atoms with Gasteiger partial charge in [0.2, 0.25) is 5.95 Å². The largest absolute Gasteiger partial charge is 0.369 e. The van der Waals surface area contributed by atoms with Crippen molar-refractivity contribution < 1.29 is 8.42 Å². The summed E-state index contributed by atoms with van der Waals surface area (Å²) < 4.78 is 21.9. The fraction of sp³-hybridized carbons (Fsp3) is 0.556. The average molecular weight is 244 g/mol. The van der Waals surface area contributed by atoms with E-state index in [1.54, 1.807) is 13.1 Å². The van der Waals surface area contributed by atoms with Crippen molar-refractivity contribution in [3.63, 3.8) is 0 Å². The van der Waals surface area contributed by atoms with E-state index in [0.717, 1.165) is 5.69 Å². The van der Waals surface area contributed by atoms with E-state index >= 15 is 0 Å². The number of aryl methyl sites for hydroxylation is 1. The fourth-order valence-corrected chi connectivity index (χ4v) is 1.61.